The molecule has 17 heavy (non-hydrogen) atoms. The van der Waals surface area contributed by atoms with Crippen LogP contribution < -0.4 is 0 Å². The Morgan fingerprint density at radius 1 is 0.941 bits per heavy atom. The van der Waals surface area contributed by atoms with Crippen LogP contribution in [0.15, 0.2) is 29.3 Å². The molecule has 8 heteroatoms. The summed E-state index contributed by atoms with van der Waals surface area (Å²) < 4.78 is -3.52. The van der Waals surface area contributed by atoms with Gasteiger partial charge in [-0.15, -0.1) is 0 Å². The van der Waals surface area contributed by atoms with Gasteiger partial charge in [0.05, 0.1) is 0 Å². The van der Waals surface area contributed by atoms with Crippen molar-refractivity contribution in [2.24, 2.45) is 4.99 Å². The van der Waals surface area contributed by atoms with Gasteiger partial charge in [0.2, 0.25) is 8.25 Å². The lowest BCUT2D eigenvalue weighted by molar-refractivity contribution is 0.918. The second kappa shape index (κ2) is 5.92. The smallest absolute Gasteiger partial charge is 0.230 e. The number of rotatable bonds is 2. The average Bonchev–Trinajstić information content (AvgIpc) is 2.16. The van der Waals surface area contributed by atoms with Gasteiger partial charge in [0, 0.05) is 10.6 Å². The molecule has 0 aliphatic rings. The number of alkyl halides is 5. The molecule has 0 aliphatic heterocycles. The Balaban J connectivity index is 3.07. The summed E-state index contributed by atoms with van der Waals surface area (Å²) in [5, 5.41) is 0.205. The molecule has 0 aliphatic carbocycles. The van der Waals surface area contributed by atoms with Crippen molar-refractivity contribution in [3.63, 3.8) is 0 Å². The molecule has 94 valence electrons. The molecular formula is C9H4Cl7N. The van der Waals surface area contributed by atoms with Crippen LogP contribution in [0.2, 0.25) is 5.02 Å². The lowest BCUT2D eigenvalue weighted by atomic mass is 10.2. The maximum Gasteiger partial charge on any atom is 0.243 e. The zero-order chi connectivity index (χ0) is 13.3. The van der Waals surface area contributed by atoms with E-state index in [0.29, 0.717) is 10.6 Å². The molecule has 0 aromatic heterocycles. The maximum atomic E-state index is 5.99. The van der Waals surface area contributed by atoms with Gasteiger partial charge in [-0.3, -0.25) is 0 Å². The standard InChI is InChI=1S/C9H4Cl7N/c10-6-3-1-5(2-4-6)9(15,16)17-7(11)8(12,13)14/h1-4H. The summed E-state index contributed by atoms with van der Waals surface area (Å²) >= 11 is 40.0. The number of benzene rings is 1. The molecule has 0 unspecified atom stereocenters. The monoisotopic (exact) mass is 371 g/mol. The molecule has 0 amide bonds. The zero-order valence-electron chi connectivity index (χ0n) is 7.90. The van der Waals surface area contributed by atoms with Crippen molar-refractivity contribution >= 4 is 86.4 Å². The first-order chi connectivity index (χ1) is 7.63. The lowest BCUT2D eigenvalue weighted by Crippen LogP contribution is -2.18. The first-order valence-corrected chi connectivity index (χ1v) is 6.74. The minimum atomic E-state index is -1.87. The van der Waals surface area contributed by atoms with Crippen molar-refractivity contribution in [3.8, 4) is 0 Å². The van der Waals surface area contributed by atoms with E-state index in [1.165, 1.54) is 0 Å². The van der Waals surface area contributed by atoms with Crippen LogP contribution in [0.5, 0.6) is 0 Å². The molecule has 1 nitrogen and oxygen atoms in total. The van der Waals surface area contributed by atoms with Gasteiger partial charge in [-0.05, 0) is 12.1 Å². The number of nitrogens with zero attached hydrogens (tertiary/aromatic N) is 1. The van der Waals surface area contributed by atoms with E-state index < -0.39 is 8.25 Å². The third-order valence-corrected chi connectivity index (χ3v) is 3.72. The average molecular weight is 374 g/mol. The molecule has 0 fully saturated rings. The Morgan fingerprint density at radius 3 is 1.82 bits per heavy atom. The Kier molecular flexibility index (Phi) is 5.56. The summed E-state index contributed by atoms with van der Waals surface area (Å²) in [4.78, 5) is 3.75. The van der Waals surface area contributed by atoms with Gasteiger partial charge in [0.25, 0.3) is 0 Å². The molecular weight excluding hydrogens is 370 g/mol. The molecule has 0 radical (unpaired) electrons. The van der Waals surface area contributed by atoms with Crippen molar-refractivity contribution < 1.29 is 0 Å². The van der Waals surface area contributed by atoms with Gasteiger partial charge in [0.1, 0.15) is 0 Å². The van der Waals surface area contributed by atoms with Crippen LogP contribution >= 0.6 is 81.2 Å². The van der Waals surface area contributed by atoms with E-state index in [2.05, 4.69) is 4.99 Å². The predicted molar refractivity (Wildman–Crippen MR) is 78.4 cm³/mol. The summed E-state index contributed by atoms with van der Waals surface area (Å²) in [6, 6.07) is 6.40. The van der Waals surface area contributed by atoms with Crippen molar-refractivity contribution in [2.75, 3.05) is 0 Å². The second-order valence-corrected chi connectivity index (χ2v) is 7.31. The van der Waals surface area contributed by atoms with Crippen LogP contribution in [-0.2, 0) is 4.46 Å². The third kappa shape index (κ3) is 4.83. The molecule has 1 aromatic rings. The predicted octanol–water partition coefficient (Wildman–Crippen LogP) is 5.94. The quantitative estimate of drug-likeness (QED) is 0.345. The van der Waals surface area contributed by atoms with Crippen LogP contribution in [0.4, 0.5) is 0 Å². The third-order valence-electron chi connectivity index (χ3n) is 1.66. The summed E-state index contributed by atoms with van der Waals surface area (Å²) in [5.41, 5.74) is 0.456. The van der Waals surface area contributed by atoms with E-state index in [1.54, 1.807) is 24.3 Å². The molecule has 0 saturated heterocycles. The highest BCUT2D eigenvalue weighted by Crippen LogP contribution is 2.39. The minimum Gasteiger partial charge on any atom is -0.230 e. The highest BCUT2D eigenvalue weighted by Gasteiger charge is 2.33. The second-order valence-electron chi connectivity index (χ2n) is 2.95. The maximum absolute atomic E-state index is 5.99. The zero-order valence-corrected chi connectivity index (χ0v) is 13.2. The first-order valence-electron chi connectivity index (χ1n) is 4.09. The van der Waals surface area contributed by atoms with Crippen molar-refractivity contribution in [1.82, 2.24) is 0 Å². The van der Waals surface area contributed by atoms with Crippen molar-refractivity contribution in [3.05, 3.63) is 34.9 Å². The van der Waals surface area contributed by atoms with Gasteiger partial charge in [-0.25, -0.2) is 4.99 Å². The van der Waals surface area contributed by atoms with Crippen LogP contribution in [0.3, 0.4) is 0 Å². The largest absolute Gasteiger partial charge is 0.243 e. The van der Waals surface area contributed by atoms with Crippen molar-refractivity contribution in [1.29, 1.82) is 0 Å². The summed E-state index contributed by atoms with van der Waals surface area (Å²) in [7, 11) is 0. The van der Waals surface area contributed by atoms with E-state index in [9.17, 15) is 0 Å². The summed E-state index contributed by atoms with van der Waals surface area (Å²) in [6.07, 6.45) is 0. The normalized spacial score (nSPS) is 13.9. The van der Waals surface area contributed by atoms with E-state index >= 15 is 0 Å². The SMILES string of the molecule is ClC(=NC(Cl)(Cl)c1ccc(Cl)cc1)C(Cl)(Cl)Cl. The molecule has 1 rings (SSSR count). The highest BCUT2D eigenvalue weighted by molar-refractivity contribution is 6.89. The molecule has 0 bridgehead atoms. The van der Waals surface area contributed by atoms with Gasteiger partial charge in [-0.2, -0.15) is 0 Å². The molecule has 0 atom stereocenters. The molecule has 0 heterocycles. The van der Waals surface area contributed by atoms with E-state index in [4.69, 9.17) is 81.2 Å². The fraction of sp³-hybridized carbons (Fsp3) is 0.222. The number of halogens is 7. The Morgan fingerprint density at radius 2 is 1.41 bits per heavy atom. The molecule has 0 N–H and O–H groups in total. The van der Waals surface area contributed by atoms with E-state index in [0.717, 1.165) is 0 Å². The van der Waals surface area contributed by atoms with Gasteiger partial charge < -0.3 is 0 Å². The van der Waals surface area contributed by atoms with Crippen LogP contribution in [-0.4, -0.2) is 8.96 Å². The molecule has 0 saturated carbocycles. The fourth-order valence-corrected chi connectivity index (χ4v) is 1.79. The molecule has 1 aromatic carbocycles. The fourth-order valence-electron chi connectivity index (χ4n) is 0.902. The number of hydrogen-bond acceptors (Lipinski definition) is 1. The van der Waals surface area contributed by atoms with Gasteiger partial charge >= 0.3 is 0 Å². The Labute approximate surface area is 134 Å². The summed E-state index contributed by atoms with van der Waals surface area (Å²) in [6.45, 7) is 0. The number of hydrogen-bond donors (Lipinski definition) is 0. The van der Waals surface area contributed by atoms with Crippen LogP contribution in [0.1, 0.15) is 5.56 Å². The topological polar surface area (TPSA) is 12.4 Å². The molecule has 0 spiro atoms. The Hall–Kier alpha value is 0.920. The van der Waals surface area contributed by atoms with Gasteiger partial charge in [0.15, 0.2) is 5.17 Å². The van der Waals surface area contributed by atoms with Crippen LogP contribution in [0.25, 0.3) is 0 Å². The highest BCUT2D eigenvalue weighted by atomic mass is 35.6. The van der Waals surface area contributed by atoms with Gasteiger partial charge in [-0.1, -0.05) is 93.3 Å². The van der Waals surface area contributed by atoms with Crippen molar-refractivity contribution in [2.45, 2.75) is 8.25 Å². The summed E-state index contributed by atoms with van der Waals surface area (Å²) in [5.74, 6) is 0. The minimum absolute atomic E-state index is 0.331. The van der Waals surface area contributed by atoms with Crippen LogP contribution in [0, 0.1) is 0 Å². The lowest BCUT2D eigenvalue weighted by Gasteiger charge is -2.18. The first kappa shape index (κ1) is 16.0. The van der Waals surface area contributed by atoms with E-state index in [1.807, 2.05) is 0 Å². The van der Waals surface area contributed by atoms with E-state index in [-0.39, 0.29) is 5.17 Å². The number of aliphatic imine (C=N–C) groups is 1. The Bertz CT molecular complexity index is 418.